The summed E-state index contributed by atoms with van der Waals surface area (Å²) in [6.45, 7) is 5.66. The van der Waals surface area contributed by atoms with E-state index in [0.29, 0.717) is 18.5 Å². The van der Waals surface area contributed by atoms with Crippen LogP contribution in [-0.4, -0.2) is 18.6 Å². The highest BCUT2D eigenvalue weighted by Gasteiger charge is 2.06. The Morgan fingerprint density at radius 1 is 1.19 bits per heavy atom. The van der Waals surface area contributed by atoms with E-state index in [9.17, 15) is 0 Å². The molecule has 2 rings (SSSR count). The van der Waals surface area contributed by atoms with Crippen LogP contribution in [0.2, 0.25) is 0 Å². The maximum absolute atomic E-state index is 5.75. The average molecular weight is 286 g/mol. The molecule has 1 aromatic carbocycles. The van der Waals surface area contributed by atoms with Gasteiger partial charge in [0, 0.05) is 18.3 Å². The van der Waals surface area contributed by atoms with E-state index < -0.39 is 0 Å². The third-order valence-corrected chi connectivity index (χ3v) is 3.31. The van der Waals surface area contributed by atoms with Crippen LogP contribution in [0.5, 0.6) is 11.6 Å². The molecular formula is C17H22N2O2. The van der Waals surface area contributed by atoms with Crippen LogP contribution in [0.4, 0.5) is 0 Å². The summed E-state index contributed by atoms with van der Waals surface area (Å²) >= 11 is 0. The molecule has 0 saturated heterocycles. The largest absolute Gasteiger partial charge is 0.497 e. The highest BCUT2D eigenvalue weighted by Crippen LogP contribution is 2.18. The van der Waals surface area contributed by atoms with Crippen molar-refractivity contribution >= 4 is 0 Å². The Morgan fingerprint density at radius 3 is 2.62 bits per heavy atom. The Morgan fingerprint density at radius 2 is 1.95 bits per heavy atom. The van der Waals surface area contributed by atoms with Gasteiger partial charge < -0.3 is 14.8 Å². The molecule has 4 heteroatoms. The number of aromatic nitrogens is 1. The van der Waals surface area contributed by atoms with Gasteiger partial charge in [0.05, 0.1) is 7.11 Å². The number of hydrogen-bond donors (Lipinski definition) is 1. The predicted octanol–water partition coefficient (Wildman–Crippen LogP) is 3.34. The van der Waals surface area contributed by atoms with Gasteiger partial charge in [-0.25, -0.2) is 4.98 Å². The molecule has 1 unspecified atom stereocenters. The second kappa shape index (κ2) is 7.64. The average Bonchev–Trinajstić information content (AvgIpc) is 2.54. The van der Waals surface area contributed by atoms with E-state index in [2.05, 4.69) is 24.1 Å². The Hall–Kier alpha value is -2.07. The van der Waals surface area contributed by atoms with E-state index in [0.717, 1.165) is 17.9 Å². The summed E-state index contributed by atoms with van der Waals surface area (Å²) in [4.78, 5) is 4.26. The van der Waals surface area contributed by atoms with Crippen molar-refractivity contribution < 1.29 is 9.47 Å². The second-order valence-electron chi connectivity index (χ2n) is 4.84. The molecule has 112 valence electrons. The van der Waals surface area contributed by atoms with Crippen molar-refractivity contribution in [3.8, 4) is 11.6 Å². The first-order valence-electron chi connectivity index (χ1n) is 7.18. The van der Waals surface area contributed by atoms with Gasteiger partial charge in [-0.15, -0.1) is 0 Å². The molecule has 1 N–H and O–H groups in total. The summed E-state index contributed by atoms with van der Waals surface area (Å²) in [6, 6.07) is 12.1. The first kappa shape index (κ1) is 15.3. The lowest BCUT2D eigenvalue weighted by molar-refractivity contribution is 0.293. The Kier molecular flexibility index (Phi) is 5.58. The maximum atomic E-state index is 5.75. The van der Waals surface area contributed by atoms with Crippen LogP contribution in [0.3, 0.4) is 0 Å². The lowest BCUT2D eigenvalue weighted by Crippen LogP contribution is -2.17. The quantitative estimate of drug-likeness (QED) is 0.847. The van der Waals surface area contributed by atoms with Crippen LogP contribution < -0.4 is 14.8 Å². The molecule has 0 aliphatic carbocycles. The highest BCUT2D eigenvalue weighted by molar-refractivity contribution is 5.27. The minimum Gasteiger partial charge on any atom is -0.497 e. The summed E-state index contributed by atoms with van der Waals surface area (Å²) in [5.41, 5.74) is 2.26. The van der Waals surface area contributed by atoms with Crippen molar-refractivity contribution in [3.63, 3.8) is 0 Å². The molecule has 2 aromatic rings. The summed E-state index contributed by atoms with van der Waals surface area (Å²) < 4.78 is 10.9. The summed E-state index contributed by atoms with van der Waals surface area (Å²) in [6.07, 6.45) is 1.78. The molecule has 0 amide bonds. The van der Waals surface area contributed by atoms with Crippen LogP contribution in [-0.2, 0) is 6.61 Å². The third kappa shape index (κ3) is 4.46. The molecule has 4 nitrogen and oxygen atoms in total. The van der Waals surface area contributed by atoms with Gasteiger partial charge in [-0.1, -0.05) is 19.1 Å². The topological polar surface area (TPSA) is 43.4 Å². The number of nitrogens with one attached hydrogen (secondary N) is 1. The number of benzene rings is 1. The van der Waals surface area contributed by atoms with Crippen LogP contribution >= 0.6 is 0 Å². The van der Waals surface area contributed by atoms with Crippen molar-refractivity contribution in [3.05, 3.63) is 53.7 Å². The van der Waals surface area contributed by atoms with Crippen LogP contribution in [0.25, 0.3) is 0 Å². The fourth-order valence-electron chi connectivity index (χ4n) is 2.08. The van der Waals surface area contributed by atoms with Gasteiger partial charge in [0.2, 0.25) is 5.88 Å². The fraction of sp³-hybridized carbons (Fsp3) is 0.353. The lowest BCUT2D eigenvalue weighted by atomic mass is 10.1. The molecule has 0 fully saturated rings. The van der Waals surface area contributed by atoms with E-state index in [1.807, 2.05) is 36.4 Å². The SMILES string of the molecule is CCNC(C)c1ccnc(OCc2ccc(OC)cc2)c1. The van der Waals surface area contributed by atoms with Gasteiger partial charge in [-0.3, -0.25) is 0 Å². The van der Waals surface area contributed by atoms with Crippen LogP contribution in [0, 0.1) is 0 Å². The van der Waals surface area contributed by atoms with E-state index >= 15 is 0 Å². The maximum Gasteiger partial charge on any atom is 0.213 e. The zero-order chi connectivity index (χ0) is 15.1. The number of rotatable bonds is 7. The molecular weight excluding hydrogens is 264 g/mol. The van der Waals surface area contributed by atoms with Crippen molar-refractivity contribution in [2.75, 3.05) is 13.7 Å². The molecule has 0 aliphatic rings. The van der Waals surface area contributed by atoms with E-state index in [1.54, 1.807) is 13.3 Å². The smallest absolute Gasteiger partial charge is 0.213 e. The van der Waals surface area contributed by atoms with Crippen molar-refractivity contribution in [2.45, 2.75) is 26.5 Å². The standard InChI is InChI=1S/C17H22N2O2/c1-4-18-13(2)15-9-10-19-17(11-15)21-12-14-5-7-16(20-3)8-6-14/h5-11,13,18H,4,12H2,1-3H3. The molecule has 1 atom stereocenters. The van der Waals surface area contributed by atoms with Crippen molar-refractivity contribution in [1.29, 1.82) is 0 Å². The predicted molar refractivity (Wildman–Crippen MR) is 83.7 cm³/mol. The van der Waals surface area contributed by atoms with E-state index in [4.69, 9.17) is 9.47 Å². The van der Waals surface area contributed by atoms with Gasteiger partial charge >= 0.3 is 0 Å². The molecule has 21 heavy (non-hydrogen) atoms. The molecule has 1 heterocycles. The Bertz CT molecular complexity index is 555. The molecule has 0 saturated carbocycles. The summed E-state index contributed by atoms with van der Waals surface area (Å²) in [7, 11) is 1.66. The number of nitrogens with zero attached hydrogens (tertiary/aromatic N) is 1. The van der Waals surface area contributed by atoms with E-state index in [1.165, 1.54) is 5.56 Å². The van der Waals surface area contributed by atoms with Crippen LogP contribution in [0.15, 0.2) is 42.6 Å². The van der Waals surface area contributed by atoms with Crippen LogP contribution in [0.1, 0.15) is 31.0 Å². The molecule has 0 aliphatic heterocycles. The lowest BCUT2D eigenvalue weighted by Gasteiger charge is -2.13. The molecule has 0 spiro atoms. The van der Waals surface area contributed by atoms with Crippen molar-refractivity contribution in [2.24, 2.45) is 0 Å². The number of methoxy groups -OCH3 is 1. The summed E-state index contributed by atoms with van der Waals surface area (Å²) in [5.74, 6) is 1.49. The first-order valence-corrected chi connectivity index (χ1v) is 7.18. The number of ether oxygens (including phenoxy) is 2. The number of hydrogen-bond acceptors (Lipinski definition) is 4. The monoisotopic (exact) mass is 286 g/mol. The van der Waals surface area contributed by atoms with Gasteiger partial charge in [-0.05, 0) is 42.8 Å². The minimum absolute atomic E-state index is 0.293. The minimum atomic E-state index is 0.293. The summed E-state index contributed by atoms with van der Waals surface area (Å²) in [5, 5.41) is 3.38. The highest BCUT2D eigenvalue weighted by atomic mass is 16.5. The normalized spacial score (nSPS) is 12.0. The molecule has 0 bridgehead atoms. The van der Waals surface area contributed by atoms with Gasteiger partial charge in [0.15, 0.2) is 0 Å². The molecule has 0 radical (unpaired) electrons. The van der Waals surface area contributed by atoms with Gasteiger partial charge in [0.1, 0.15) is 12.4 Å². The van der Waals surface area contributed by atoms with Gasteiger partial charge in [-0.2, -0.15) is 0 Å². The van der Waals surface area contributed by atoms with E-state index in [-0.39, 0.29) is 0 Å². The fourth-order valence-corrected chi connectivity index (χ4v) is 2.08. The number of pyridine rings is 1. The van der Waals surface area contributed by atoms with Gasteiger partial charge in [0.25, 0.3) is 0 Å². The van der Waals surface area contributed by atoms with Crippen molar-refractivity contribution in [1.82, 2.24) is 10.3 Å². The Balaban J connectivity index is 1.97. The molecule has 1 aromatic heterocycles. The third-order valence-electron chi connectivity index (χ3n) is 3.31. The first-order chi connectivity index (χ1) is 10.2. The zero-order valence-electron chi connectivity index (χ0n) is 12.8. The zero-order valence-corrected chi connectivity index (χ0v) is 12.8. The Labute approximate surface area is 126 Å². The second-order valence-corrected chi connectivity index (χ2v) is 4.84.